The van der Waals surface area contributed by atoms with Gasteiger partial charge in [0, 0.05) is 17.6 Å². The van der Waals surface area contributed by atoms with E-state index in [1.54, 1.807) is 19.4 Å². The Bertz CT molecular complexity index is 597. The molecule has 0 aliphatic carbocycles. The summed E-state index contributed by atoms with van der Waals surface area (Å²) in [5.41, 5.74) is 1.61. The molecule has 2 aromatic rings. The fraction of sp³-hybridized carbons (Fsp3) is 0.250. The molecule has 0 aliphatic heterocycles. The molecule has 0 unspecified atom stereocenters. The third-order valence-corrected chi connectivity index (χ3v) is 2.84. The first kappa shape index (κ1) is 14.8. The summed E-state index contributed by atoms with van der Waals surface area (Å²) in [6.07, 6.45) is 1.95. The Hall–Kier alpha value is -2.56. The molecule has 1 heterocycles. The van der Waals surface area contributed by atoms with Crippen LogP contribution in [-0.4, -0.2) is 24.6 Å². The van der Waals surface area contributed by atoms with Gasteiger partial charge in [0.05, 0.1) is 20.1 Å². The number of hydrogen-bond donors (Lipinski definition) is 1. The van der Waals surface area contributed by atoms with E-state index in [1.165, 1.54) is 0 Å². The molecule has 1 amide bonds. The SMILES string of the molecule is COc1ccc(OCCC(=O)Nc2ccnc(C)c2)cc1. The summed E-state index contributed by atoms with van der Waals surface area (Å²) >= 11 is 0. The van der Waals surface area contributed by atoms with E-state index < -0.39 is 0 Å². The molecule has 0 radical (unpaired) electrons. The van der Waals surface area contributed by atoms with Crippen LogP contribution in [0.25, 0.3) is 0 Å². The van der Waals surface area contributed by atoms with E-state index in [9.17, 15) is 4.79 Å². The van der Waals surface area contributed by atoms with Gasteiger partial charge in [-0.3, -0.25) is 9.78 Å². The number of nitrogens with zero attached hydrogens (tertiary/aromatic N) is 1. The molecule has 1 aromatic heterocycles. The zero-order chi connectivity index (χ0) is 15.1. The minimum absolute atomic E-state index is 0.0888. The third-order valence-electron chi connectivity index (χ3n) is 2.84. The quantitative estimate of drug-likeness (QED) is 0.887. The van der Waals surface area contributed by atoms with Gasteiger partial charge in [0.2, 0.25) is 5.91 Å². The molecule has 5 heteroatoms. The lowest BCUT2D eigenvalue weighted by Crippen LogP contribution is -2.15. The van der Waals surface area contributed by atoms with Crippen LogP contribution in [0.3, 0.4) is 0 Å². The van der Waals surface area contributed by atoms with Crippen molar-refractivity contribution in [3.63, 3.8) is 0 Å². The van der Waals surface area contributed by atoms with Crippen molar-refractivity contribution in [2.45, 2.75) is 13.3 Å². The van der Waals surface area contributed by atoms with Crippen LogP contribution in [0.5, 0.6) is 11.5 Å². The van der Waals surface area contributed by atoms with Crippen LogP contribution in [-0.2, 0) is 4.79 Å². The highest BCUT2D eigenvalue weighted by molar-refractivity contribution is 5.90. The summed E-state index contributed by atoms with van der Waals surface area (Å²) in [6.45, 7) is 2.20. The van der Waals surface area contributed by atoms with Gasteiger partial charge < -0.3 is 14.8 Å². The van der Waals surface area contributed by atoms with Crippen molar-refractivity contribution in [2.75, 3.05) is 19.0 Å². The Kier molecular flexibility index (Phi) is 5.15. The number of benzene rings is 1. The first-order valence-corrected chi connectivity index (χ1v) is 6.67. The number of hydrogen-bond acceptors (Lipinski definition) is 4. The largest absolute Gasteiger partial charge is 0.497 e. The van der Waals surface area contributed by atoms with Gasteiger partial charge in [-0.2, -0.15) is 0 Å². The van der Waals surface area contributed by atoms with Gasteiger partial charge in [-0.05, 0) is 43.3 Å². The second-order valence-electron chi connectivity index (χ2n) is 4.51. The van der Waals surface area contributed by atoms with E-state index in [4.69, 9.17) is 9.47 Å². The van der Waals surface area contributed by atoms with Crippen molar-refractivity contribution in [3.05, 3.63) is 48.3 Å². The number of aryl methyl sites for hydroxylation is 1. The lowest BCUT2D eigenvalue weighted by molar-refractivity contribution is -0.116. The maximum absolute atomic E-state index is 11.8. The van der Waals surface area contributed by atoms with Gasteiger partial charge in [0.15, 0.2) is 0 Å². The third kappa shape index (κ3) is 4.80. The van der Waals surface area contributed by atoms with E-state index >= 15 is 0 Å². The van der Waals surface area contributed by atoms with Crippen molar-refractivity contribution in [1.29, 1.82) is 0 Å². The average molecular weight is 286 g/mol. The van der Waals surface area contributed by atoms with E-state index in [0.717, 1.165) is 17.1 Å². The van der Waals surface area contributed by atoms with Crippen LogP contribution in [0.15, 0.2) is 42.6 Å². The first-order chi connectivity index (χ1) is 10.2. The lowest BCUT2D eigenvalue weighted by Gasteiger charge is -2.08. The molecular weight excluding hydrogens is 268 g/mol. The number of amides is 1. The number of pyridine rings is 1. The number of ether oxygens (including phenoxy) is 2. The highest BCUT2D eigenvalue weighted by Crippen LogP contribution is 2.17. The van der Waals surface area contributed by atoms with Crippen LogP contribution in [0.2, 0.25) is 0 Å². The van der Waals surface area contributed by atoms with Gasteiger partial charge in [-0.1, -0.05) is 0 Å². The van der Waals surface area contributed by atoms with E-state index in [1.807, 2.05) is 37.3 Å². The van der Waals surface area contributed by atoms with Gasteiger partial charge >= 0.3 is 0 Å². The smallest absolute Gasteiger partial charge is 0.227 e. The second kappa shape index (κ2) is 7.28. The summed E-state index contributed by atoms with van der Waals surface area (Å²) in [6, 6.07) is 10.8. The standard InChI is InChI=1S/C16H18N2O3/c1-12-11-13(7-9-17-12)18-16(19)8-10-21-15-5-3-14(20-2)4-6-15/h3-7,9,11H,8,10H2,1-2H3,(H,17,18,19). The van der Waals surface area contributed by atoms with Crippen LogP contribution in [0.1, 0.15) is 12.1 Å². The molecule has 1 aromatic carbocycles. The molecule has 0 bridgehead atoms. The monoisotopic (exact) mass is 286 g/mol. The molecule has 110 valence electrons. The highest BCUT2D eigenvalue weighted by Gasteiger charge is 2.03. The van der Waals surface area contributed by atoms with Crippen molar-refractivity contribution >= 4 is 11.6 Å². The van der Waals surface area contributed by atoms with Crippen LogP contribution >= 0.6 is 0 Å². The van der Waals surface area contributed by atoms with Gasteiger partial charge in [-0.15, -0.1) is 0 Å². The molecule has 1 N–H and O–H groups in total. The molecule has 0 fully saturated rings. The van der Waals surface area contributed by atoms with Crippen LogP contribution in [0, 0.1) is 6.92 Å². The van der Waals surface area contributed by atoms with E-state index in [-0.39, 0.29) is 12.3 Å². The van der Waals surface area contributed by atoms with Crippen LogP contribution < -0.4 is 14.8 Å². The number of anilines is 1. The van der Waals surface area contributed by atoms with E-state index in [0.29, 0.717) is 12.4 Å². The summed E-state index contributed by atoms with van der Waals surface area (Å²) < 4.78 is 10.6. The molecule has 0 saturated heterocycles. The van der Waals surface area contributed by atoms with Crippen molar-refractivity contribution in [3.8, 4) is 11.5 Å². The number of nitrogens with one attached hydrogen (secondary N) is 1. The zero-order valence-corrected chi connectivity index (χ0v) is 12.1. The number of rotatable bonds is 6. The predicted molar refractivity (Wildman–Crippen MR) is 80.7 cm³/mol. The molecule has 5 nitrogen and oxygen atoms in total. The number of methoxy groups -OCH3 is 1. The molecule has 21 heavy (non-hydrogen) atoms. The van der Waals surface area contributed by atoms with Gasteiger partial charge in [-0.25, -0.2) is 0 Å². The minimum atomic E-state index is -0.0888. The Labute approximate surface area is 123 Å². The minimum Gasteiger partial charge on any atom is -0.497 e. The fourth-order valence-electron chi connectivity index (χ4n) is 1.78. The molecular formula is C16H18N2O3. The van der Waals surface area contributed by atoms with Gasteiger partial charge in [0.1, 0.15) is 11.5 Å². The normalized spacial score (nSPS) is 10.0. The first-order valence-electron chi connectivity index (χ1n) is 6.67. The molecule has 0 spiro atoms. The summed E-state index contributed by atoms with van der Waals surface area (Å²) in [5.74, 6) is 1.39. The Morgan fingerprint density at radius 3 is 2.57 bits per heavy atom. The average Bonchev–Trinajstić information content (AvgIpc) is 2.48. The predicted octanol–water partition coefficient (Wildman–Crippen LogP) is 2.81. The maximum Gasteiger partial charge on any atom is 0.227 e. The van der Waals surface area contributed by atoms with Gasteiger partial charge in [0.25, 0.3) is 0 Å². The van der Waals surface area contributed by atoms with Crippen molar-refractivity contribution in [1.82, 2.24) is 4.98 Å². The fourth-order valence-corrected chi connectivity index (χ4v) is 1.78. The molecule has 0 aliphatic rings. The number of aromatic nitrogens is 1. The maximum atomic E-state index is 11.8. The molecule has 0 atom stereocenters. The van der Waals surface area contributed by atoms with Crippen molar-refractivity contribution < 1.29 is 14.3 Å². The number of carbonyl (C=O) groups excluding carboxylic acids is 1. The topological polar surface area (TPSA) is 60.5 Å². The molecule has 0 saturated carbocycles. The number of carbonyl (C=O) groups is 1. The zero-order valence-electron chi connectivity index (χ0n) is 12.1. The Morgan fingerprint density at radius 2 is 1.90 bits per heavy atom. The lowest BCUT2D eigenvalue weighted by atomic mass is 10.3. The molecule has 2 rings (SSSR count). The summed E-state index contributed by atoms with van der Waals surface area (Å²) in [4.78, 5) is 15.9. The van der Waals surface area contributed by atoms with E-state index in [2.05, 4.69) is 10.3 Å². The highest BCUT2D eigenvalue weighted by atomic mass is 16.5. The van der Waals surface area contributed by atoms with Crippen molar-refractivity contribution in [2.24, 2.45) is 0 Å². The Morgan fingerprint density at radius 1 is 1.19 bits per heavy atom. The summed E-state index contributed by atoms with van der Waals surface area (Å²) in [5, 5.41) is 2.81. The Balaban J connectivity index is 1.76. The summed E-state index contributed by atoms with van der Waals surface area (Å²) in [7, 11) is 1.61. The van der Waals surface area contributed by atoms with Crippen LogP contribution in [0.4, 0.5) is 5.69 Å². The second-order valence-corrected chi connectivity index (χ2v) is 4.51.